The average Bonchev–Trinajstić information content (AvgIpc) is 2.72. The molecule has 2 aliphatic rings. The Balaban J connectivity index is 1.84. The maximum absolute atomic E-state index is 11.8. The number of esters is 3. The summed E-state index contributed by atoms with van der Waals surface area (Å²) in [5, 5.41) is 0. The van der Waals surface area contributed by atoms with Gasteiger partial charge in [0.05, 0.1) is 25.4 Å². The molecule has 3 unspecified atom stereocenters. The van der Waals surface area contributed by atoms with Gasteiger partial charge in [-0.2, -0.15) is 0 Å². The predicted molar refractivity (Wildman–Crippen MR) is 67.6 cm³/mol. The Morgan fingerprint density at radius 1 is 1.35 bits per heavy atom. The molecular formula is C14H20O6. The molecule has 1 saturated heterocycles. The van der Waals surface area contributed by atoms with E-state index >= 15 is 0 Å². The van der Waals surface area contributed by atoms with Gasteiger partial charge in [0, 0.05) is 6.42 Å². The highest BCUT2D eigenvalue weighted by Crippen LogP contribution is 2.42. The zero-order valence-corrected chi connectivity index (χ0v) is 11.8. The first-order valence-corrected chi connectivity index (χ1v) is 7.02. The molecule has 2 fully saturated rings. The third-order valence-corrected chi connectivity index (χ3v) is 3.95. The van der Waals surface area contributed by atoms with Crippen LogP contribution >= 0.6 is 0 Å². The molecule has 3 atom stereocenters. The molecule has 0 aromatic rings. The topological polar surface area (TPSA) is 78.9 Å². The number of fused-ring (bicyclic) bond motifs is 2. The Hall–Kier alpha value is -1.59. The summed E-state index contributed by atoms with van der Waals surface area (Å²) in [6.07, 6.45) is 1.53. The van der Waals surface area contributed by atoms with Crippen LogP contribution in [0.4, 0.5) is 0 Å². The molecule has 2 rings (SSSR count). The zero-order chi connectivity index (χ0) is 14.8. The fourth-order valence-corrected chi connectivity index (χ4v) is 2.74. The third-order valence-electron chi connectivity index (χ3n) is 3.95. The van der Waals surface area contributed by atoms with Gasteiger partial charge in [-0.3, -0.25) is 14.4 Å². The Kier molecular flexibility index (Phi) is 4.30. The van der Waals surface area contributed by atoms with E-state index in [9.17, 15) is 14.4 Å². The minimum Gasteiger partial charge on any atom is -0.466 e. The second kappa shape index (κ2) is 5.81. The fourth-order valence-electron chi connectivity index (χ4n) is 2.74. The van der Waals surface area contributed by atoms with E-state index in [-0.39, 0.29) is 30.8 Å². The number of rotatable bonds is 5. The number of hydrogen-bond acceptors (Lipinski definition) is 6. The van der Waals surface area contributed by atoms with Crippen LogP contribution < -0.4 is 0 Å². The Morgan fingerprint density at radius 3 is 2.75 bits per heavy atom. The van der Waals surface area contributed by atoms with Crippen molar-refractivity contribution < 1.29 is 28.6 Å². The summed E-state index contributed by atoms with van der Waals surface area (Å²) < 4.78 is 15.5. The lowest BCUT2D eigenvalue weighted by Crippen LogP contribution is -2.45. The van der Waals surface area contributed by atoms with Crippen LogP contribution in [0.25, 0.3) is 0 Å². The van der Waals surface area contributed by atoms with Crippen LogP contribution in [0.5, 0.6) is 0 Å². The fraction of sp³-hybridized carbons (Fsp3) is 0.786. The van der Waals surface area contributed by atoms with Crippen LogP contribution in [0.1, 0.15) is 46.0 Å². The van der Waals surface area contributed by atoms with Crippen molar-refractivity contribution in [2.45, 2.75) is 57.7 Å². The summed E-state index contributed by atoms with van der Waals surface area (Å²) in [5.41, 5.74) is -0.769. The van der Waals surface area contributed by atoms with Crippen molar-refractivity contribution in [2.24, 2.45) is 5.92 Å². The molecule has 0 radical (unpaired) electrons. The minimum absolute atomic E-state index is 0.00975. The van der Waals surface area contributed by atoms with Crippen molar-refractivity contribution in [3.8, 4) is 0 Å². The molecule has 2 bridgehead atoms. The highest BCUT2D eigenvalue weighted by atomic mass is 16.6. The van der Waals surface area contributed by atoms with Gasteiger partial charge in [-0.05, 0) is 26.7 Å². The summed E-state index contributed by atoms with van der Waals surface area (Å²) in [6.45, 7) is 3.80. The van der Waals surface area contributed by atoms with E-state index in [0.29, 0.717) is 25.9 Å². The first-order chi connectivity index (χ1) is 9.44. The Morgan fingerprint density at radius 2 is 2.05 bits per heavy atom. The van der Waals surface area contributed by atoms with Crippen LogP contribution in [0.15, 0.2) is 0 Å². The molecule has 0 aromatic heterocycles. The SMILES string of the molecule is CCOC(=O)CCC(=O)OC1(C)CCC2CC1OC2=O. The van der Waals surface area contributed by atoms with Gasteiger partial charge in [-0.15, -0.1) is 0 Å². The number of carbonyl (C=O) groups is 3. The van der Waals surface area contributed by atoms with Gasteiger partial charge in [0.2, 0.25) is 0 Å². The summed E-state index contributed by atoms with van der Waals surface area (Å²) in [4.78, 5) is 34.5. The van der Waals surface area contributed by atoms with Crippen molar-refractivity contribution >= 4 is 17.9 Å². The van der Waals surface area contributed by atoms with Gasteiger partial charge in [0.15, 0.2) is 0 Å². The molecule has 1 heterocycles. The molecule has 6 nitrogen and oxygen atoms in total. The monoisotopic (exact) mass is 284 g/mol. The highest BCUT2D eigenvalue weighted by molar-refractivity contribution is 5.78. The summed E-state index contributed by atoms with van der Waals surface area (Å²) >= 11 is 0. The first-order valence-electron chi connectivity index (χ1n) is 7.02. The quantitative estimate of drug-likeness (QED) is 0.560. The molecule has 0 amide bonds. The molecule has 20 heavy (non-hydrogen) atoms. The predicted octanol–water partition coefficient (Wildman–Crippen LogP) is 1.36. The lowest BCUT2D eigenvalue weighted by atomic mass is 9.80. The van der Waals surface area contributed by atoms with E-state index in [1.165, 1.54) is 0 Å². The molecule has 112 valence electrons. The van der Waals surface area contributed by atoms with Crippen molar-refractivity contribution in [1.82, 2.24) is 0 Å². The van der Waals surface area contributed by atoms with Crippen LogP contribution in [0.2, 0.25) is 0 Å². The van der Waals surface area contributed by atoms with Crippen molar-refractivity contribution in [3.05, 3.63) is 0 Å². The Bertz CT molecular complexity index is 418. The lowest BCUT2D eigenvalue weighted by Gasteiger charge is -2.36. The second-order valence-corrected chi connectivity index (χ2v) is 5.49. The third kappa shape index (κ3) is 3.11. The Labute approximate surface area is 117 Å². The lowest BCUT2D eigenvalue weighted by molar-refractivity contribution is -0.178. The maximum Gasteiger partial charge on any atom is 0.309 e. The molecule has 1 aliphatic carbocycles. The first kappa shape index (κ1) is 14.8. The number of hydrogen-bond donors (Lipinski definition) is 0. The molecule has 6 heteroatoms. The van der Waals surface area contributed by atoms with Crippen LogP contribution in [-0.2, 0) is 28.6 Å². The molecule has 0 aromatic carbocycles. The summed E-state index contributed by atoms with van der Waals surface area (Å²) in [5.74, 6) is -1.11. The van der Waals surface area contributed by atoms with Gasteiger partial charge in [-0.1, -0.05) is 0 Å². The molecule has 0 spiro atoms. The van der Waals surface area contributed by atoms with E-state index in [2.05, 4.69) is 0 Å². The number of carbonyl (C=O) groups excluding carboxylic acids is 3. The number of ether oxygens (including phenoxy) is 3. The van der Waals surface area contributed by atoms with Crippen LogP contribution in [0, 0.1) is 5.92 Å². The smallest absolute Gasteiger partial charge is 0.309 e. The van der Waals surface area contributed by atoms with Gasteiger partial charge < -0.3 is 14.2 Å². The van der Waals surface area contributed by atoms with Crippen molar-refractivity contribution in [1.29, 1.82) is 0 Å². The van der Waals surface area contributed by atoms with Gasteiger partial charge in [-0.25, -0.2) is 0 Å². The minimum atomic E-state index is -0.769. The normalized spacial score (nSPS) is 31.6. The molecule has 1 aliphatic heterocycles. The molecular weight excluding hydrogens is 264 g/mol. The zero-order valence-electron chi connectivity index (χ0n) is 11.8. The van der Waals surface area contributed by atoms with Gasteiger partial charge >= 0.3 is 17.9 Å². The van der Waals surface area contributed by atoms with Crippen LogP contribution in [0.3, 0.4) is 0 Å². The van der Waals surface area contributed by atoms with Gasteiger partial charge in [0.1, 0.15) is 11.7 Å². The standard InChI is InChI=1S/C14H20O6/c1-3-18-11(15)4-5-12(16)20-14(2)7-6-9-8-10(14)19-13(9)17/h9-10H,3-8H2,1-2H3. The van der Waals surface area contributed by atoms with E-state index in [4.69, 9.17) is 14.2 Å². The summed E-state index contributed by atoms with van der Waals surface area (Å²) in [7, 11) is 0. The maximum atomic E-state index is 11.8. The van der Waals surface area contributed by atoms with E-state index in [1.807, 2.05) is 0 Å². The molecule has 1 saturated carbocycles. The van der Waals surface area contributed by atoms with Gasteiger partial charge in [0.25, 0.3) is 0 Å². The highest BCUT2D eigenvalue weighted by Gasteiger charge is 2.52. The van der Waals surface area contributed by atoms with E-state index in [1.54, 1.807) is 13.8 Å². The largest absolute Gasteiger partial charge is 0.466 e. The van der Waals surface area contributed by atoms with E-state index < -0.39 is 17.5 Å². The van der Waals surface area contributed by atoms with E-state index in [0.717, 1.165) is 0 Å². The van der Waals surface area contributed by atoms with Crippen molar-refractivity contribution in [2.75, 3.05) is 6.61 Å². The second-order valence-electron chi connectivity index (χ2n) is 5.49. The molecule has 0 N–H and O–H groups in total. The summed E-state index contributed by atoms with van der Waals surface area (Å²) in [6, 6.07) is 0. The average molecular weight is 284 g/mol. The van der Waals surface area contributed by atoms with Crippen molar-refractivity contribution in [3.63, 3.8) is 0 Å². The van der Waals surface area contributed by atoms with Crippen LogP contribution in [-0.4, -0.2) is 36.2 Å².